The minimum absolute atomic E-state index is 0.0528. The Balaban J connectivity index is 1.95. The molecule has 4 nitrogen and oxygen atoms in total. The van der Waals surface area contributed by atoms with Gasteiger partial charge in [-0.25, -0.2) is 0 Å². The third-order valence-electron chi connectivity index (χ3n) is 4.35. The van der Waals surface area contributed by atoms with Crippen LogP contribution in [0.4, 0.5) is 11.4 Å². The van der Waals surface area contributed by atoms with E-state index >= 15 is 0 Å². The lowest BCUT2D eigenvalue weighted by Gasteiger charge is -2.24. The first-order chi connectivity index (χ1) is 12.2. The molecule has 1 aliphatic rings. The number of nitrogens with zero attached hydrogens (tertiary/aromatic N) is 1. The number of hydrogen-bond donors (Lipinski definition) is 2. The van der Waals surface area contributed by atoms with E-state index in [0.29, 0.717) is 28.1 Å². The van der Waals surface area contributed by atoms with Gasteiger partial charge < -0.3 is 10.4 Å². The monoisotopic (exact) mass is 328 g/mol. The molecule has 122 valence electrons. The molecular formula is C21H16N2O2. The number of fused-ring (bicyclic) bond motifs is 2. The van der Waals surface area contributed by atoms with Crippen molar-refractivity contribution in [1.29, 1.82) is 0 Å². The van der Waals surface area contributed by atoms with E-state index in [2.05, 4.69) is 10.3 Å². The van der Waals surface area contributed by atoms with Crippen molar-refractivity contribution >= 4 is 22.9 Å². The Kier molecular flexibility index (Phi) is 3.58. The number of anilines is 2. The van der Waals surface area contributed by atoms with Gasteiger partial charge in [0.15, 0.2) is 5.78 Å². The molecule has 4 rings (SSSR count). The van der Waals surface area contributed by atoms with Crippen LogP contribution in [0.15, 0.2) is 71.7 Å². The van der Waals surface area contributed by atoms with Gasteiger partial charge in [-0.15, -0.1) is 0 Å². The number of nitrogens with one attached hydrogen (secondary N) is 1. The average Bonchev–Trinajstić information content (AvgIpc) is 2.65. The van der Waals surface area contributed by atoms with Crippen LogP contribution < -0.4 is 5.32 Å². The Bertz CT molecular complexity index is 1010. The highest BCUT2D eigenvalue weighted by molar-refractivity contribution is 6.32. The minimum atomic E-state index is -0.118. The fraction of sp³-hybridized carbons (Fsp3) is 0.0476. The Morgan fingerprint density at radius 2 is 1.52 bits per heavy atom. The quantitative estimate of drug-likeness (QED) is 0.543. The summed E-state index contributed by atoms with van der Waals surface area (Å²) in [4.78, 5) is 17.5. The molecule has 25 heavy (non-hydrogen) atoms. The molecule has 0 bridgehead atoms. The van der Waals surface area contributed by atoms with Crippen molar-refractivity contribution in [2.75, 3.05) is 12.4 Å². The minimum Gasteiger partial charge on any atom is -0.507 e. The van der Waals surface area contributed by atoms with Gasteiger partial charge in [0.05, 0.1) is 22.5 Å². The summed E-state index contributed by atoms with van der Waals surface area (Å²) in [6.07, 6.45) is 0. The maximum absolute atomic E-state index is 13.1. The molecule has 2 N–H and O–H groups in total. The zero-order valence-electron chi connectivity index (χ0n) is 13.7. The molecule has 1 aliphatic carbocycles. The maximum Gasteiger partial charge on any atom is 0.196 e. The van der Waals surface area contributed by atoms with E-state index in [0.717, 1.165) is 11.3 Å². The lowest BCUT2D eigenvalue weighted by Crippen LogP contribution is -2.23. The first-order valence-corrected chi connectivity index (χ1v) is 8.00. The van der Waals surface area contributed by atoms with E-state index < -0.39 is 0 Å². The molecule has 0 amide bonds. The average molecular weight is 328 g/mol. The number of carbonyl (C=O) groups is 1. The molecule has 0 radical (unpaired) electrons. The van der Waals surface area contributed by atoms with Crippen molar-refractivity contribution in [3.05, 3.63) is 89.0 Å². The third kappa shape index (κ3) is 2.39. The summed E-state index contributed by atoms with van der Waals surface area (Å²) in [7, 11) is 1.67. The van der Waals surface area contributed by atoms with Crippen LogP contribution in [0, 0.1) is 0 Å². The lowest BCUT2D eigenvalue weighted by molar-refractivity contribution is 0.103. The van der Waals surface area contributed by atoms with Gasteiger partial charge in [0, 0.05) is 23.9 Å². The van der Waals surface area contributed by atoms with Gasteiger partial charge in [0.25, 0.3) is 0 Å². The van der Waals surface area contributed by atoms with Crippen molar-refractivity contribution in [2.24, 2.45) is 4.99 Å². The number of para-hydroxylation sites is 1. The van der Waals surface area contributed by atoms with E-state index in [-0.39, 0.29) is 11.5 Å². The highest BCUT2D eigenvalue weighted by atomic mass is 16.3. The van der Waals surface area contributed by atoms with E-state index in [1.54, 1.807) is 25.2 Å². The van der Waals surface area contributed by atoms with Crippen LogP contribution in [0.1, 0.15) is 27.0 Å². The van der Waals surface area contributed by atoms with Gasteiger partial charge in [0.1, 0.15) is 5.75 Å². The summed E-state index contributed by atoms with van der Waals surface area (Å²) >= 11 is 0. The van der Waals surface area contributed by atoms with Crippen LogP contribution in [0.2, 0.25) is 0 Å². The Labute approximate surface area is 145 Å². The first kappa shape index (κ1) is 15.1. The molecule has 0 saturated carbocycles. The fourth-order valence-corrected chi connectivity index (χ4v) is 3.24. The van der Waals surface area contributed by atoms with Gasteiger partial charge in [-0.2, -0.15) is 0 Å². The van der Waals surface area contributed by atoms with Crippen LogP contribution in [0.3, 0.4) is 0 Å². The molecular weight excluding hydrogens is 312 g/mol. The predicted octanol–water partition coefficient (Wildman–Crippen LogP) is 4.15. The molecule has 3 aromatic rings. The SMILES string of the molecule is CN=C1c2ccccc2C(=O)c2c(Nc3ccccc3)ccc(O)c21. The Hall–Kier alpha value is -3.40. The fourth-order valence-electron chi connectivity index (χ4n) is 3.24. The molecule has 0 atom stereocenters. The number of hydrogen-bond acceptors (Lipinski definition) is 4. The van der Waals surface area contributed by atoms with Crippen molar-refractivity contribution in [3.63, 3.8) is 0 Å². The molecule has 0 heterocycles. The zero-order valence-corrected chi connectivity index (χ0v) is 13.7. The zero-order chi connectivity index (χ0) is 17.4. The van der Waals surface area contributed by atoms with E-state index in [9.17, 15) is 9.90 Å². The topological polar surface area (TPSA) is 61.7 Å². The molecule has 4 heteroatoms. The van der Waals surface area contributed by atoms with Gasteiger partial charge in [-0.3, -0.25) is 9.79 Å². The van der Waals surface area contributed by atoms with Crippen LogP contribution >= 0.6 is 0 Å². The predicted molar refractivity (Wildman–Crippen MR) is 99.3 cm³/mol. The second-order valence-electron chi connectivity index (χ2n) is 5.82. The normalized spacial score (nSPS) is 14.1. The summed E-state index contributed by atoms with van der Waals surface area (Å²) in [5.74, 6) is -0.0654. The van der Waals surface area contributed by atoms with Crippen molar-refractivity contribution in [2.45, 2.75) is 0 Å². The lowest BCUT2D eigenvalue weighted by atomic mass is 9.82. The van der Waals surface area contributed by atoms with Gasteiger partial charge in [-0.1, -0.05) is 42.5 Å². The van der Waals surface area contributed by atoms with E-state index in [4.69, 9.17) is 0 Å². The second kappa shape index (κ2) is 5.91. The Morgan fingerprint density at radius 1 is 0.840 bits per heavy atom. The standard InChI is InChI=1S/C21H16N2O2/c1-22-20-14-9-5-6-10-15(14)21(25)18-16(11-12-17(24)19(18)20)23-13-7-3-2-4-8-13/h2-12,23-24H,1H3. The van der Waals surface area contributed by atoms with Crippen LogP contribution in [0.25, 0.3) is 0 Å². The third-order valence-corrected chi connectivity index (χ3v) is 4.35. The van der Waals surface area contributed by atoms with Crippen LogP contribution in [0.5, 0.6) is 5.75 Å². The molecule has 0 fully saturated rings. The van der Waals surface area contributed by atoms with Gasteiger partial charge >= 0.3 is 0 Å². The van der Waals surface area contributed by atoms with Crippen LogP contribution in [-0.4, -0.2) is 23.6 Å². The summed E-state index contributed by atoms with van der Waals surface area (Å²) in [5, 5.41) is 13.7. The largest absolute Gasteiger partial charge is 0.507 e. The highest BCUT2D eigenvalue weighted by Gasteiger charge is 2.32. The van der Waals surface area contributed by atoms with E-state index in [1.807, 2.05) is 48.5 Å². The number of phenols is 1. The number of benzene rings is 3. The number of aliphatic imine (C=N–C) groups is 1. The highest BCUT2D eigenvalue weighted by Crippen LogP contribution is 2.38. The molecule has 0 spiro atoms. The summed E-state index contributed by atoms with van der Waals surface area (Å²) in [5.41, 5.74) is 4.42. The number of ketones is 1. The molecule has 0 aliphatic heterocycles. The summed E-state index contributed by atoms with van der Waals surface area (Å²) < 4.78 is 0. The number of carbonyl (C=O) groups excluding carboxylic acids is 1. The molecule has 0 unspecified atom stereocenters. The van der Waals surface area contributed by atoms with Crippen molar-refractivity contribution < 1.29 is 9.90 Å². The second-order valence-corrected chi connectivity index (χ2v) is 5.82. The van der Waals surface area contributed by atoms with Crippen LogP contribution in [-0.2, 0) is 0 Å². The van der Waals surface area contributed by atoms with Crippen molar-refractivity contribution in [3.8, 4) is 5.75 Å². The van der Waals surface area contributed by atoms with E-state index in [1.165, 1.54) is 0 Å². The van der Waals surface area contributed by atoms with Crippen molar-refractivity contribution in [1.82, 2.24) is 0 Å². The first-order valence-electron chi connectivity index (χ1n) is 8.00. The molecule has 0 saturated heterocycles. The maximum atomic E-state index is 13.1. The number of phenolic OH excluding ortho intramolecular Hbond substituents is 1. The number of rotatable bonds is 2. The Morgan fingerprint density at radius 3 is 2.24 bits per heavy atom. The molecule has 0 aromatic heterocycles. The summed E-state index contributed by atoms with van der Waals surface area (Å²) in [6, 6.07) is 20.3. The smallest absolute Gasteiger partial charge is 0.196 e. The van der Waals surface area contributed by atoms with Gasteiger partial charge in [0.2, 0.25) is 0 Å². The number of aromatic hydroxyl groups is 1. The van der Waals surface area contributed by atoms with Gasteiger partial charge in [-0.05, 0) is 24.3 Å². The summed E-state index contributed by atoms with van der Waals surface area (Å²) in [6.45, 7) is 0. The molecule has 3 aromatic carbocycles.